The summed E-state index contributed by atoms with van der Waals surface area (Å²) in [6.45, 7) is 5.87. The number of fused-ring (bicyclic) bond motifs is 1. The van der Waals surface area contributed by atoms with Crippen LogP contribution in [0.5, 0.6) is 0 Å². The molecule has 0 bridgehead atoms. The molecule has 1 aliphatic rings. The number of piperidine rings is 1. The molecule has 0 saturated carbocycles. The van der Waals surface area contributed by atoms with Gasteiger partial charge in [0, 0.05) is 45.5 Å². The second-order valence-corrected chi connectivity index (χ2v) is 10.7. The molecule has 1 fully saturated rings. The van der Waals surface area contributed by atoms with Gasteiger partial charge in [0.1, 0.15) is 17.6 Å². The molecule has 1 atom stereocenters. The van der Waals surface area contributed by atoms with E-state index < -0.39 is 0 Å². The lowest BCUT2D eigenvalue weighted by molar-refractivity contribution is 0.0907. The molecule has 0 radical (unpaired) electrons. The van der Waals surface area contributed by atoms with Crippen LogP contribution in [0, 0.1) is 28.7 Å². The molecule has 0 spiro atoms. The van der Waals surface area contributed by atoms with E-state index in [9.17, 15) is 10.1 Å². The number of nitriles is 1. The molecule has 1 saturated heterocycles. The molecule has 1 N–H and O–H groups in total. The first kappa shape index (κ1) is 24.5. The van der Waals surface area contributed by atoms with Gasteiger partial charge in [-0.2, -0.15) is 10.4 Å². The highest BCUT2D eigenvalue weighted by Gasteiger charge is 2.26. The summed E-state index contributed by atoms with van der Waals surface area (Å²) in [5.41, 5.74) is 5.55. The second-order valence-electron chi connectivity index (χ2n) is 9.50. The van der Waals surface area contributed by atoms with Gasteiger partial charge in [0.05, 0.1) is 16.8 Å². The monoisotopic (exact) mass is 593 g/mol. The number of carbonyl (C=O) groups excluding carboxylic acids is 1. The number of likely N-dealkylation sites (tertiary alicyclic amines) is 1. The van der Waals surface area contributed by atoms with E-state index in [0.717, 1.165) is 63.0 Å². The Labute approximate surface area is 224 Å². The van der Waals surface area contributed by atoms with Crippen molar-refractivity contribution in [1.29, 1.82) is 5.26 Å². The zero-order valence-electron chi connectivity index (χ0n) is 20.8. The molecule has 4 aromatic rings. The second kappa shape index (κ2) is 9.67. The summed E-state index contributed by atoms with van der Waals surface area (Å²) in [4.78, 5) is 20.6. The van der Waals surface area contributed by atoms with Gasteiger partial charge in [0.15, 0.2) is 0 Å². The van der Waals surface area contributed by atoms with Gasteiger partial charge in [-0.3, -0.25) is 14.0 Å². The van der Waals surface area contributed by atoms with Gasteiger partial charge in [-0.15, -0.1) is 0 Å². The summed E-state index contributed by atoms with van der Waals surface area (Å²) in [7, 11) is 4.02. The van der Waals surface area contributed by atoms with E-state index in [2.05, 4.69) is 57.1 Å². The number of carbonyl (C=O) groups is 1. The topological polar surface area (TPSA) is 91.8 Å². The fraction of sp³-hybridized carbons (Fsp3) is 0.333. The van der Waals surface area contributed by atoms with Crippen LogP contribution in [0.1, 0.15) is 40.3 Å². The maximum absolute atomic E-state index is 13.4. The average Bonchev–Trinajstić information content (AvgIpc) is 3.34. The number of rotatable bonds is 4. The molecule has 0 unspecified atom stereocenters. The van der Waals surface area contributed by atoms with E-state index in [1.807, 2.05) is 54.4 Å². The molecular formula is C27H28IN7O. The highest BCUT2D eigenvalue weighted by atomic mass is 127. The van der Waals surface area contributed by atoms with E-state index in [1.165, 1.54) is 0 Å². The summed E-state index contributed by atoms with van der Waals surface area (Å²) in [5.74, 6) is 0.511. The Bertz CT molecular complexity index is 1530. The molecule has 1 amide bonds. The minimum Gasteiger partial charge on any atom is -0.347 e. The lowest BCUT2D eigenvalue weighted by Crippen LogP contribution is -2.46. The lowest BCUT2D eigenvalue weighted by Gasteiger charge is -2.30. The van der Waals surface area contributed by atoms with Gasteiger partial charge in [-0.05, 0) is 99.3 Å². The zero-order valence-corrected chi connectivity index (χ0v) is 23.0. The largest absolute Gasteiger partial charge is 0.347 e. The van der Waals surface area contributed by atoms with Gasteiger partial charge in [0.2, 0.25) is 0 Å². The third-order valence-corrected chi connectivity index (χ3v) is 7.89. The van der Waals surface area contributed by atoms with Crippen molar-refractivity contribution in [2.45, 2.75) is 32.7 Å². The number of imidazole rings is 1. The third-order valence-electron chi connectivity index (χ3n) is 7.00. The first-order valence-corrected chi connectivity index (χ1v) is 13.1. The predicted molar refractivity (Wildman–Crippen MR) is 148 cm³/mol. The predicted octanol–water partition coefficient (Wildman–Crippen LogP) is 4.34. The van der Waals surface area contributed by atoms with Crippen molar-refractivity contribution in [2.75, 3.05) is 20.1 Å². The Balaban J connectivity index is 1.64. The maximum Gasteiger partial charge on any atom is 0.272 e. The number of halogens is 1. The standard InChI is InChI=1S/C27H28IN7O/c1-16-22-13-21(9-10-24(22)32-34(16)4)35-17(2)25(27(36)30-20-6-5-11-33(3)15-20)31-26(35)18-7-8-19(14-29)23(28)12-18/h7-10,12-13,20H,5-6,11,15H2,1-4H3,(H,30,36)/t20-/m1/s1. The number of hydrogen-bond acceptors (Lipinski definition) is 5. The van der Waals surface area contributed by atoms with E-state index in [1.54, 1.807) is 6.07 Å². The summed E-state index contributed by atoms with van der Waals surface area (Å²) >= 11 is 2.17. The highest BCUT2D eigenvalue weighted by molar-refractivity contribution is 14.1. The fourth-order valence-electron chi connectivity index (χ4n) is 4.96. The number of likely N-dealkylation sites (N-methyl/N-ethyl adjacent to an activating group) is 1. The smallest absolute Gasteiger partial charge is 0.272 e. The summed E-state index contributed by atoms with van der Waals surface area (Å²) < 4.78 is 4.75. The molecule has 2 aromatic heterocycles. The van der Waals surface area contributed by atoms with Crippen molar-refractivity contribution in [1.82, 2.24) is 29.5 Å². The van der Waals surface area contributed by atoms with Crippen LogP contribution in [-0.2, 0) is 7.05 Å². The van der Waals surface area contributed by atoms with Crippen molar-refractivity contribution in [3.05, 3.63) is 62.6 Å². The number of benzene rings is 2. The normalized spacial score (nSPS) is 16.3. The number of amides is 1. The first-order valence-electron chi connectivity index (χ1n) is 12.0. The van der Waals surface area contributed by atoms with E-state index in [-0.39, 0.29) is 11.9 Å². The summed E-state index contributed by atoms with van der Waals surface area (Å²) in [5, 5.41) is 18.2. The molecule has 1 aliphatic heterocycles. The molecule has 0 aliphatic carbocycles. The molecule has 184 valence electrons. The Hall–Kier alpha value is -3.23. The van der Waals surface area contributed by atoms with Gasteiger partial charge in [-0.25, -0.2) is 4.98 Å². The van der Waals surface area contributed by atoms with Crippen LogP contribution in [0.25, 0.3) is 28.0 Å². The van der Waals surface area contributed by atoms with Crippen LogP contribution < -0.4 is 5.32 Å². The molecule has 9 heteroatoms. The Morgan fingerprint density at radius 2 is 1.97 bits per heavy atom. The summed E-state index contributed by atoms with van der Waals surface area (Å²) in [6.07, 6.45) is 2.03. The third kappa shape index (κ3) is 4.40. The SMILES string of the molecule is Cc1c2cc(-n3c(-c4ccc(C#N)c(I)c4)nc(C(=O)N[C@@H]4CCCN(C)C4)c3C)ccc2nn1C. The van der Waals surface area contributed by atoms with Crippen molar-refractivity contribution < 1.29 is 4.79 Å². The van der Waals surface area contributed by atoms with Crippen molar-refractivity contribution in [2.24, 2.45) is 7.05 Å². The molecule has 36 heavy (non-hydrogen) atoms. The number of nitrogens with one attached hydrogen (secondary N) is 1. The fourth-order valence-corrected chi connectivity index (χ4v) is 5.60. The molecular weight excluding hydrogens is 565 g/mol. The summed E-state index contributed by atoms with van der Waals surface area (Å²) in [6, 6.07) is 14.1. The van der Waals surface area contributed by atoms with E-state index >= 15 is 0 Å². The molecule has 5 rings (SSSR count). The Morgan fingerprint density at radius 3 is 2.69 bits per heavy atom. The molecule has 3 heterocycles. The highest BCUT2D eigenvalue weighted by Crippen LogP contribution is 2.30. The number of aryl methyl sites for hydroxylation is 2. The minimum atomic E-state index is -0.158. The molecule has 2 aromatic carbocycles. The van der Waals surface area contributed by atoms with Crippen molar-refractivity contribution in [3.63, 3.8) is 0 Å². The maximum atomic E-state index is 13.4. The van der Waals surface area contributed by atoms with Gasteiger partial charge < -0.3 is 10.2 Å². The number of hydrogen-bond donors (Lipinski definition) is 1. The van der Waals surface area contributed by atoms with Crippen molar-refractivity contribution >= 4 is 39.4 Å². The van der Waals surface area contributed by atoms with Gasteiger partial charge in [0.25, 0.3) is 5.91 Å². The van der Waals surface area contributed by atoms with Gasteiger partial charge in [-0.1, -0.05) is 0 Å². The lowest BCUT2D eigenvalue weighted by atomic mass is 10.1. The Morgan fingerprint density at radius 1 is 1.17 bits per heavy atom. The van der Waals surface area contributed by atoms with Crippen LogP contribution in [0.2, 0.25) is 0 Å². The van der Waals surface area contributed by atoms with Crippen molar-refractivity contribution in [3.8, 4) is 23.1 Å². The van der Waals surface area contributed by atoms with Crippen LogP contribution in [0.4, 0.5) is 0 Å². The first-order chi connectivity index (χ1) is 17.3. The number of nitrogens with zero attached hydrogens (tertiary/aromatic N) is 6. The minimum absolute atomic E-state index is 0.106. The average molecular weight is 593 g/mol. The molecule has 8 nitrogen and oxygen atoms in total. The van der Waals surface area contributed by atoms with Gasteiger partial charge >= 0.3 is 0 Å². The number of aromatic nitrogens is 4. The van der Waals surface area contributed by atoms with E-state index in [0.29, 0.717) is 17.1 Å². The quantitative estimate of drug-likeness (QED) is 0.356. The van der Waals surface area contributed by atoms with E-state index in [4.69, 9.17) is 4.98 Å². The zero-order chi connectivity index (χ0) is 25.6. The van der Waals surface area contributed by atoms with Crippen LogP contribution >= 0.6 is 22.6 Å². The Kier molecular flexibility index (Phi) is 6.57. The van der Waals surface area contributed by atoms with Crippen LogP contribution in [0.15, 0.2) is 36.4 Å². The van der Waals surface area contributed by atoms with Crippen LogP contribution in [0.3, 0.4) is 0 Å². The van der Waals surface area contributed by atoms with Crippen LogP contribution in [-0.4, -0.2) is 56.3 Å².